The first-order valence-corrected chi connectivity index (χ1v) is 8.65. The fourth-order valence-electron chi connectivity index (χ4n) is 3.09. The predicted molar refractivity (Wildman–Crippen MR) is 95.3 cm³/mol. The third-order valence-corrected chi connectivity index (χ3v) is 4.53. The van der Waals surface area contributed by atoms with Gasteiger partial charge in [0.2, 0.25) is 0 Å². The van der Waals surface area contributed by atoms with Crippen LogP contribution in [0.5, 0.6) is 0 Å². The van der Waals surface area contributed by atoms with Crippen LogP contribution in [0, 0.1) is 0 Å². The third-order valence-electron chi connectivity index (χ3n) is 4.53. The number of H-pyrrole nitrogens is 1. The van der Waals surface area contributed by atoms with Gasteiger partial charge in [-0.1, -0.05) is 11.3 Å². The Morgan fingerprint density at radius 2 is 2.11 bits per heavy atom. The van der Waals surface area contributed by atoms with E-state index in [4.69, 9.17) is 4.74 Å². The van der Waals surface area contributed by atoms with Gasteiger partial charge in [0.15, 0.2) is 0 Å². The van der Waals surface area contributed by atoms with Gasteiger partial charge in [-0.15, -0.1) is 5.10 Å². The van der Waals surface area contributed by atoms with Gasteiger partial charge in [-0.3, -0.25) is 19.3 Å². The van der Waals surface area contributed by atoms with E-state index in [1.54, 1.807) is 24.5 Å². The van der Waals surface area contributed by atoms with E-state index in [1.807, 2.05) is 6.07 Å². The molecule has 11 heteroatoms. The van der Waals surface area contributed by atoms with Crippen LogP contribution in [-0.4, -0.2) is 58.6 Å². The van der Waals surface area contributed by atoms with Crippen LogP contribution in [0.15, 0.2) is 46.4 Å². The molecular weight excluding hydrogens is 368 g/mol. The molecule has 0 bridgehead atoms. The Labute approximate surface area is 157 Å². The Hall–Kier alpha value is -3.15. The van der Waals surface area contributed by atoms with Crippen LogP contribution in [0.1, 0.15) is 18.2 Å². The number of rotatable bonds is 5. The molecule has 0 amide bonds. The second-order valence-electron chi connectivity index (χ2n) is 6.45. The van der Waals surface area contributed by atoms with Crippen LogP contribution in [0.3, 0.4) is 0 Å². The van der Waals surface area contributed by atoms with E-state index in [2.05, 4.69) is 20.3 Å². The summed E-state index contributed by atoms with van der Waals surface area (Å²) in [6, 6.07) is 5.42. The first-order valence-electron chi connectivity index (χ1n) is 8.65. The summed E-state index contributed by atoms with van der Waals surface area (Å²) in [6.07, 6.45) is 2.34. The van der Waals surface area contributed by atoms with E-state index in [0.29, 0.717) is 11.4 Å². The van der Waals surface area contributed by atoms with Gasteiger partial charge in [0.25, 0.3) is 5.56 Å². The highest BCUT2D eigenvalue weighted by Crippen LogP contribution is 2.27. The molecule has 3 aromatic rings. The highest BCUT2D eigenvalue weighted by Gasteiger charge is 2.35. The number of nitrogens with zero attached hydrogens (tertiary/aromatic N) is 5. The smallest absolute Gasteiger partial charge is 0.330 e. The lowest BCUT2D eigenvalue weighted by Gasteiger charge is -2.15. The number of aliphatic hydroxyl groups is 2. The molecule has 1 saturated heterocycles. The van der Waals surface area contributed by atoms with Crippen LogP contribution < -0.4 is 11.2 Å². The number of nitrogens with one attached hydrogen (secondary N) is 1. The first kappa shape index (κ1) is 18.2. The van der Waals surface area contributed by atoms with Crippen molar-refractivity contribution in [1.82, 2.24) is 29.5 Å². The molecule has 3 atom stereocenters. The topological polar surface area (TPSA) is 148 Å². The Kier molecular flexibility index (Phi) is 4.86. The van der Waals surface area contributed by atoms with Crippen molar-refractivity contribution in [2.75, 3.05) is 6.61 Å². The van der Waals surface area contributed by atoms with E-state index < -0.39 is 29.7 Å². The summed E-state index contributed by atoms with van der Waals surface area (Å²) in [4.78, 5) is 30.8. The molecule has 0 aromatic carbocycles. The van der Waals surface area contributed by atoms with Gasteiger partial charge < -0.3 is 14.9 Å². The largest absolute Gasteiger partial charge is 0.394 e. The SMILES string of the molecule is O=c1[nH]c(=O)n([C@H]2C[C@H](O)[C@@H](CO)O2)cc1Cn1cc(-c2ccccn2)nn1. The quantitative estimate of drug-likeness (QED) is 0.499. The predicted octanol–water partition coefficient (Wildman–Crippen LogP) is -1.12. The lowest BCUT2D eigenvalue weighted by atomic mass is 10.2. The van der Waals surface area contributed by atoms with Gasteiger partial charge in [0, 0.05) is 18.8 Å². The van der Waals surface area contributed by atoms with E-state index in [9.17, 15) is 19.8 Å². The number of pyridine rings is 1. The molecule has 3 N–H and O–H groups in total. The fourth-order valence-corrected chi connectivity index (χ4v) is 3.09. The molecule has 0 spiro atoms. The highest BCUT2D eigenvalue weighted by molar-refractivity contribution is 5.51. The monoisotopic (exact) mass is 386 g/mol. The van der Waals surface area contributed by atoms with Crippen molar-refractivity contribution >= 4 is 0 Å². The van der Waals surface area contributed by atoms with E-state index >= 15 is 0 Å². The van der Waals surface area contributed by atoms with Gasteiger partial charge in [0.1, 0.15) is 18.0 Å². The molecule has 0 unspecified atom stereocenters. The summed E-state index contributed by atoms with van der Waals surface area (Å²) >= 11 is 0. The summed E-state index contributed by atoms with van der Waals surface area (Å²) in [5.74, 6) is 0. The molecule has 146 valence electrons. The number of aliphatic hydroxyl groups excluding tert-OH is 2. The van der Waals surface area contributed by atoms with Crippen molar-refractivity contribution in [1.29, 1.82) is 0 Å². The van der Waals surface area contributed by atoms with Crippen molar-refractivity contribution in [3.05, 3.63) is 63.2 Å². The minimum atomic E-state index is -0.895. The first-order chi connectivity index (χ1) is 13.5. The maximum Gasteiger partial charge on any atom is 0.330 e. The second kappa shape index (κ2) is 7.46. The molecule has 4 heterocycles. The number of ether oxygens (including phenoxy) is 1. The van der Waals surface area contributed by atoms with Crippen LogP contribution >= 0.6 is 0 Å². The molecule has 11 nitrogen and oxygen atoms in total. The van der Waals surface area contributed by atoms with Gasteiger partial charge in [-0.2, -0.15) is 0 Å². The summed E-state index contributed by atoms with van der Waals surface area (Å²) in [7, 11) is 0. The molecule has 1 aliphatic heterocycles. The Bertz CT molecular complexity index is 1080. The summed E-state index contributed by atoms with van der Waals surface area (Å²) in [6.45, 7) is -0.286. The number of hydrogen-bond acceptors (Lipinski definition) is 8. The molecule has 0 radical (unpaired) electrons. The van der Waals surface area contributed by atoms with Crippen molar-refractivity contribution in [2.24, 2.45) is 0 Å². The zero-order chi connectivity index (χ0) is 19.7. The van der Waals surface area contributed by atoms with Gasteiger partial charge >= 0.3 is 5.69 Å². The van der Waals surface area contributed by atoms with Crippen LogP contribution in [0.25, 0.3) is 11.4 Å². The minimum absolute atomic E-state index is 0.0775. The maximum absolute atomic E-state index is 12.2. The standard InChI is InChI=1S/C17H18N6O5/c24-9-14-13(25)5-15(28-14)23-7-10(16(26)19-17(23)27)6-22-8-12(20-21-22)11-3-1-2-4-18-11/h1-4,7-8,13-15,24-25H,5-6,9H2,(H,19,26,27)/t13-,14+,15+/m0/s1. The zero-order valence-electron chi connectivity index (χ0n) is 14.7. The Morgan fingerprint density at radius 1 is 1.25 bits per heavy atom. The van der Waals surface area contributed by atoms with Gasteiger partial charge in [0.05, 0.1) is 36.7 Å². The molecule has 4 rings (SSSR count). The summed E-state index contributed by atoms with van der Waals surface area (Å²) in [5.41, 5.74) is 0.266. The fraction of sp³-hybridized carbons (Fsp3) is 0.353. The summed E-state index contributed by atoms with van der Waals surface area (Å²) in [5, 5.41) is 27.1. The number of aromatic amines is 1. The third kappa shape index (κ3) is 3.50. The molecule has 28 heavy (non-hydrogen) atoms. The van der Waals surface area contributed by atoms with Gasteiger partial charge in [-0.25, -0.2) is 9.48 Å². The molecule has 0 aliphatic carbocycles. The molecule has 1 fully saturated rings. The molecule has 1 aliphatic rings. The lowest BCUT2D eigenvalue weighted by molar-refractivity contribution is -0.0460. The van der Waals surface area contributed by atoms with Crippen LogP contribution in [0.2, 0.25) is 0 Å². The number of hydrogen-bond donors (Lipinski definition) is 3. The second-order valence-corrected chi connectivity index (χ2v) is 6.45. The van der Waals surface area contributed by atoms with Crippen molar-refractivity contribution in [3.63, 3.8) is 0 Å². The van der Waals surface area contributed by atoms with E-state index in [-0.39, 0.29) is 25.1 Å². The normalized spacial score (nSPS) is 21.9. The van der Waals surface area contributed by atoms with Crippen molar-refractivity contribution in [2.45, 2.75) is 31.4 Å². The minimum Gasteiger partial charge on any atom is -0.394 e. The highest BCUT2D eigenvalue weighted by atomic mass is 16.5. The van der Waals surface area contributed by atoms with Crippen molar-refractivity contribution in [3.8, 4) is 11.4 Å². The van der Waals surface area contributed by atoms with Crippen molar-refractivity contribution < 1.29 is 14.9 Å². The molecule has 3 aromatic heterocycles. The van der Waals surface area contributed by atoms with Crippen LogP contribution in [-0.2, 0) is 11.3 Å². The average Bonchev–Trinajstić information content (AvgIpc) is 3.31. The summed E-state index contributed by atoms with van der Waals surface area (Å²) < 4.78 is 8.16. The van der Waals surface area contributed by atoms with E-state index in [1.165, 1.54) is 15.4 Å². The molecular formula is C17H18N6O5. The molecule has 0 saturated carbocycles. The van der Waals surface area contributed by atoms with Crippen LogP contribution in [0.4, 0.5) is 0 Å². The Morgan fingerprint density at radius 3 is 2.82 bits per heavy atom. The number of aromatic nitrogens is 6. The van der Waals surface area contributed by atoms with E-state index in [0.717, 1.165) is 0 Å². The maximum atomic E-state index is 12.2. The Balaban J connectivity index is 1.60. The zero-order valence-corrected chi connectivity index (χ0v) is 14.7. The lowest BCUT2D eigenvalue weighted by Crippen LogP contribution is -2.34. The van der Waals surface area contributed by atoms with Gasteiger partial charge in [-0.05, 0) is 12.1 Å². The average molecular weight is 386 g/mol.